The molecule has 11 nitrogen and oxygen atoms in total. The molecule has 1 amide bonds. The standard InChI is InChI=1S/C16H31NO10/c18-2-4-23-6-8-25-10-12-26-11-9-24-7-5-22-3-1-17-15(19)13-27-14-16(20)21/h18H,1-14H2,(H,17,19)(H,20,21). The van der Waals surface area contributed by atoms with Crippen molar-refractivity contribution in [2.45, 2.75) is 0 Å². The fourth-order valence-corrected chi connectivity index (χ4v) is 1.59. The maximum atomic E-state index is 11.2. The third-order valence-corrected chi connectivity index (χ3v) is 2.75. The fourth-order valence-electron chi connectivity index (χ4n) is 1.59. The summed E-state index contributed by atoms with van der Waals surface area (Å²) in [5.41, 5.74) is 0. The molecule has 0 atom stereocenters. The molecule has 3 N–H and O–H groups in total. The second-order valence-electron chi connectivity index (χ2n) is 5.02. The second kappa shape index (κ2) is 21.0. The Labute approximate surface area is 158 Å². The summed E-state index contributed by atoms with van der Waals surface area (Å²) < 4.78 is 30.8. The molecule has 0 aromatic carbocycles. The van der Waals surface area contributed by atoms with E-state index in [9.17, 15) is 9.59 Å². The summed E-state index contributed by atoms with van der Waals surface area (Å²) in [5, 5.41) is 19.4. The zero-order valence-electron chi connectivity index (χ0n) is 15.6. The Morgan fingerprint density at radius 3 is 1.52 bits per heavy atom. The number of carbonyl (C=O) groups is 2. The summed E-state index contributed by atoms with van der Waals surface area (Å²) in [6, 6.07) is 0. The van der Waals surface area contributed by atoms with Crippen molar-refractivity contribution in [1.82, 2.24) is 5.32 Å². The number of aliphatic hydroxyl groups excluding tert-OH is 1. The largest absolute Gasteiger partial charge is 0.480 e. The van der Waals surface area contributed by atoms with Gasteiger partial charge >= 0.3 is 5.97 Å². The van der Waals surface area contributed by atoms with E-state index in [1.165, 1.54) is 0 Å². The predicted molar refractivity (Wildman–Crippen MR) is 92.6 cm³/mol. The molecule has 0 bridgehead atoms. The first kappa shape index (κ1) is 25.7. The van der Waals surface area contributed by atoms with Crippen LogP contribution in [0.15, 0.2) is 0 Å². The van der Waals surface area contributed by atoms with Crippen LogP contribution in [0.5, 0.6) is 0 Å². The Balaban J connectivity index is 3.10. The van der Waals surface area contributed by atoms with E-state index >= 15 is 0 Å². The molecule has 160 valence electrons. The Morgan fingerprint density at radius 2 is 1.07 bits per heavy atom. The smallest absolute Gasteiger partial charge is 0.329 e. The second-order valence-corrected chi connectivity index (χ2v) is 5.02. The molecule has 0 unspecified atom stereocenters. The molecule has 0 aliphatic carbocycles. The number of ether oxygens (including phenoxy) is 6. The lowest BCUT2D eigenvalue weighted by Gasteiger charge is -2.08. The van der Waals surface area contributed by atoms with E-state index in [0.717, 1.165) is 0 Å². The Hall–Kier alpha value is -1.34. The lowest BCUT2D eigenvalue weighted by atomic mass is 10.6. The van der Waals surface area contributed by atoms with Crippen molar-refractivity contribution in [3.05, 3.63) is 0 Å². The number of carboxylic acids is 1. The maximum Gasteiger partial charge on any atom is 0.329 e. The summed E-state index contributed by atoms with van der Waals surface area (Å²) in [5.74, 6) is -1.51. The summed E-state index contributed by atoms with van der Waals surface area (Å²) in [7, 11) is 0. The lowest BCUT2D eigenvalue weighted by Crippen LogP contribution is -2.31. The maximum absolute atomic E-state index is 11.2. The molecule has 0 aliphatic rings. The Morgan fingerprint density at radius 1 is 0.630 bits per heavy atom. The molecule has 0 fully saturated rings. The minimum atomic E-state index is -1.12. The molecule has 0 saturated carbocycles. The van der Waals surface area contributed by atoms with Gasteiger partial charge in [0.2, 0.25) is 5.91 Å². The number of carboxylic acid groups (broad SMARTS) is 1. The van der Waals surface area contributed by atoms with Crippen molar-refractivity contribution in [1.29, 1.82) is 0 Å². The van der Waals surface area contributed by atoms with Crippen LogP contribution in [0.2, 0.25) is 0 Å². The van der Waals surface area contributed by atoms with E-state index in [1.807, 2.05) is 0 Å². The van der Waals surface area contributed by atoms with Crippen LogP contribution >= 0.6 is 0 Å². The zero-order valence-corrected chi connectivity index (χ0v) is 15.6. The van der Waals surface area contributed by atoms with Crippen molar-refractivity contribution in [3.8, 4) is 0 Å². The van der Waals surface area contributed by atoms with Crippen molar-refractivity contribution in [3.63, 3.8) is 0 Å². The summed E-state index contributed by atoms with van der Waals surface area (Å²) in [6.07, 6.45) is 0. The molecule has 11 heteroatoms. The third kappa shape index (κ3) is 22.6. The molecule has 0 aromatic rings. The van der Waals surface area contributed by atoms with Gasteiger partial charge in [-0.3, -0.25) is 4.79 Å². The number of carbonyl (C=O) groups excluding carboxylic acids is 1. The minimum absolute atomic E-state index is 0.0102. The minimum Gasteiger partial charge on any atom is -0.480 e. The first-order valence-electron chi connectivity index (χ1n) is 8.72. The van der Waals surface area contributed by atoms with E-state index in [0.29, 0.717) is 72.6 Å². The van der Waals surface area contributed by atoms with Gasteiger partial charge in [-0.15, -0.1) is 0 Å². The van der Waals surface area contributed by atoms with Gasteiger partial charge in [-0.25, -0.2) is 4.79 Å². The summed E-state index contributed by atoms with van der Waals surface area (Å²) in [6.45, 7) is 3.73. The fraction of sp³-hybridized carbons (Fsp3) is 0.875. The van der Waals surface area contributed by atoms with Gasteiger partial charge in [0.1, 0.15) is 13.2 Å². The third-order valence-electron chi connectivity index (χ3n) is 2.75. The highest BCUT2D eigenvalue weighted by atomic mass is 16.6. The van der Waals surface area contributed by atoms with Crippen molar-refractivity contribution >= 4 is 11.9 Å². The molecule has 0 rings (SSSR count). The quantitative estimate of drug-likeness (QED) is 0.191. The van der Waals surface area contributed by atoms with E-state index in [1.54, 1.807) is 0 Å². The molecule has 27 heavy (non-hydrogen) atoms. The first-order valence-corrected chi connectivity index (χ1v) is 8.72. The number of nitrogens with one attached hydrogen (secondary N) is 1. The number of rotatable bonds is 21. The van der Waals surface area contributed by atoms with Crippen LogP contribution < -0.4 is 5.32 Å². The number of amides is 1. The molecular weight excluding hydrogens is 366 g/mol. The number of hydrogen-bond acceptors (Lipinski definition) is 9. The average Bonchev–Trinajstić information content (AvgIpc) is 2.64. The van der Waals surface area contributed by atoms with Crippen molar-refractivity contribution in [2.75, 3.05) is 92.4 Å². The van der Waals surface area contributed by atoms with Crippen molar-refractivity contribution < 1.29 is 48.2 Å². The average molecular weight is 397 g/mol. The SMILES string of the molecule is O=C(O)COCC(=O)NCCOCCOCCOCCOCCOCCO. The Kier molecular flexibility index (Phi) is 19.9. The molecule has 0 heterocycles. The molecular formula is C16H31NO10. The predicted octanol–water partition coefficient (Wildman–Crippen LogP) is -1.72. The number of hydrogen-bond donors (Lipinski definition) is 3. The van der Waals surface area contributed by atoms with Crippen LogP contribution in [-0.4, -0.2) is 115 Å². The van der Waals surface area contributed by atoms with Gasteiger partial charge < -0.3 is 44.0 Å². The van der Waals surface area contributed by atoms with Gasteiger partial charge in [-0.05, 0) is 0 Å². The van der Waals surface area contributed by atoms with Crippen LogP contribution in [0, 0.1) is 0 Å². The van der Waals surface area contributed by atoms with E-state index in [-0.39, 0.29) is 13.2 Å². The number of aliphatic hydroxyl groups is 1. The molecule has 0 saturated heterocycles. The van der Waals surface area contributed by atoms with Gasteiger partial charge in [0, 0.05) is 6.54 Å². The van der Waals surface area contributed by atoms with Gasteiger partial charge in [0.15, 0.2) is 0 Å². The summed E-state index contributed by atoms with van der Waals surface area (Å²) >= 11 is 0. The van der Waals surface area contributed by atoms with Crippen LogP contribution in [0.1, 0.15) is 0 Å². The van der Waals surface area contributed by atoms with Gasteiger partial charge in [-0.1, -0.05) is 0 Å². The monoisotopic (exact) mass is 397 g/mol. The van der Waals surface area contributed by atoms with Gasteiger partial charge in [0.25, 0.3) is 0 Å². The molecule has 0 radical (unpaired) electrons. The Bertz CT molecular complexity index is 356. The highest BCUT2D eigenvalue weighted by molar-refractivity contribution is 5.77. The normalized spacial score (nSPS) is 10.9. The molecule has 0 spiro atoms. The zero-order chi connectivity index (χ0) is 20.0. The summed E-state index contributed by atoms with van der Waals surface area (Å²) in [4.78, 5) is 21.4. The highest BCUT2D eigenvalue weighted by Crippen LogP contribution is 1.84. The van der Waals surface area contributed by atoms with Gasteiger partial charge in [0.05, 0.1) is 72.7 Å². The van der Waals surface area contributed by atoms with Crippen LogP contribution in [-0.2, 0) is 38.0 Å². The van der Waals surface area contributed by atoms with E-state index in [4.69, 9.17) is 33.9 Å². The lowest BCUT2D eigenvalue weighted by molar-refractivity contribution is -0.143. The highest BCUT2D eigenvalue weighted by Gasteiger charge is 2.02. The molecule has 0 aliphatic heterocycles. The first-order chi connectivity index (χ1) is 13.2. The van der Waals surface area contributed by atoms with Crippen molar-refractivity contribution in [2.24, 2.45) is 0 Å². The van der Waals surface area contributed by atoms with E-state index < -0.39 is 18.5 Å². The van der Waals surface area contributed by atoms with Crippen LogP contribution in [0.4, 0.5) is 0 Å². The van der Waals surface area contributed by atoms with Gasteiger partial charge in [-0.2, -0.15) is 0 Å². The van der Waals surface area contributed by atoms with Crippen LogP contribution in [0.25, 0.3) is 0 Å². The topological polar surface area (TPSA) is 142 Å². The molecule has 0 aromatic heterocycles. The van der Waals surface area contributed by atoms with Crippen LogP contribution in [0.3, 0.4) is 0 Å². The van der Waals surface area contributed by atoms with E-state index in [2.05, 4.69) is 10.1 Å². The number of aliphatic carboxylic acids is 1.